The number of amides is 3. The average Bonchev–Trinajstić information content (AvgIpc) is 3.27. The quantitative estimate of drug-likeness (QED) is 0.710. The molecule has 3 amide bonds. The van der Waals surface area contributed by atoms with Crippen LogP contribution in [0.25, 0.3) is 0 Å². The van der Waals surface area contributed by atoms with Crippen molar-refractivity contribution >= 4 is 17.6 Å². The lowest BCUT2D eigenvalue weighted by molar-refractivity contribution is -0.129. The van der Waals surface area contributed by atoms with Crippen molar-refractivity contribution in [3.05, 3.63) is 30.1 Å². The van der Waals surface area contributed by atoms with E-state index in [0.717, 1.165) is 19.3 Å². The van der Waals surface area contributed by atoms with Crippen molar-refractivity contribution in [2.45, 2.75) is 52.0 Å². The molecule has 1 aromatic carbocycles. The van der Waals surface area contributed by atoms with Crippen LogP contribution in [0.2, 0.25) is 0 Å². The topological polar surface area (TPSA) is 64.7 Å². The van der Waals surface area contributed by atoms with E-state index in [1.807, 2.05) is 0 Å². The van der Waals surface area contributed by atoms with Crippen LogP contribution >= 0.6 is 0 Å². The van der Waals surface area contributed by atoms with Crippen LogP contribution in [0.15, 0.2) is 24.3 Å². The van der Waals surface area contributed by atoms with E-state index in [-0.39, 0.29) is 23.8 Å². The van der Waals surface area contributed by atoms with Gasteiger partial charge in [0.2, 0.25) is 5.91 Å². The fourth-order valence-electron chi connectivity index (χ4n) is 4.45. The van der Waals surface area contributed by atoms with Crippen molar-refractivity contribution in [2.75, 3.05) is 38.0 Å². The molecule has 2 aliphatic rings. The summed E-state index contributed by atoms with van der Waals surface area (Å²) in [5.41, 5.74) is 0.454. The van der Waals surface area contributed by atoms with E-state index in [0.29, 0.717) is 50.2 Å². The summed E-state index contributed by atoms with van der Waals surface area (Å²) in [7, 11) is 0. The molecule has 0 radical (unpaired) electrons. The van der Waals surface area contributed by atoms with Gasteiger partial charge in [-0.15, -0.1) is 0 Å². The van der Waals surface area contributed by atoms with Crippen LogP contribution in [0.3, 0.4) is 0 Å². The molecule has 166 valence electrons. The molecule has 3 rings (SSSR count). The Kier molecular flexibility index (Phi) is 8.08. The van der Waals surface area contributed by atoms with E-state index in [1.54, 1.807) is 17.0 Å². The van der Waals surface area contributed by atoms with Gasteiger partial charge in [-0.25, -0.2) is 9.18 Å². The molecular weight excluding hydrogens is 383 g/mol. The number of rotatable bonds is 7. The molecule has 1 aliphatic carbocycles. The van der Waals surface area contributed by atoms with Crippen molar-refractivity contribution in [1.29, 1.82) is 0 Å². The third-order valence-electron chi connectivity index (χ3n) is 6.51. The normalized spacial score (nSPS) is 20.0. The van der Waals surface area contributed by atoms with Gasteiger partial charge in [0, 0.05) is 38.4 Å². The van der Waals surface area contributed by atoms with Gasteiger partial charge in [0.05, 0.1) is 6.04 Å². The lowest BCUT2D eigenvalue weighted by Crippen LogP contribution is -2.58. The first-order chi connectivity index (χ1) is 14.5. The number of halogens is 1. The van der Waals surface area contributed by atoms with Crippen molar-refractivity contribution < 1.29 is 14.0 Å². The van der Waals surface area contributed by atoms with E-state index in [9.17, 15) is 14.0 Å². The van der Waals surface area contributed by atoms with Crippen molar-refractivity contribution in [3.8, 4) is 0 Å². The summed E-state index contributed by atoms with van der Waals surface area (Å²) in [6, 6.07) is 5.58. The number of benzene rings is 1. The van der Waals surface area contributed by atoms with Crippen LogP contribution in [-0.4, -0.2) is 60.5 Å². The molecule has 0 spiro atoms. The monoisotopic (exact) mass is 418 g/mol. The zero-order chi connectivity index (χ0) is 21.5. The first-order valence-corrected chi connectivity index (χ1v) is 11.3. The van der Waals surface area contributed by atoms with Gasteiger partial charge in [-0.2, -0.15) is 0 Å². The lowest BCUT2D eigenvalue weighted by Gasteiger charge is -2.40. The van der Waals surface area contributed by atoms with Gasteiger partial charge in [-0.05, 0) is 42.9 Å². The van der Waals surface area contributed by atoms with Gasteiger partial charge in [-0.3, -0.25) is 9.69 Å². The minimum atomic E-state index is -0.375. The fourth-order valence-corrected chi connectivity index (χ4v) is 4.45. The van der Waals surface area contributed by atoms with Gasteiger partial charge in [-0.1, -0.05) is 39.2 Å². The largest absolute Gasteiger partial charge is 0.354 e. The smallest absolute Gasteiger partial charge is 0.321 e. The summed E-state index contributed by atoms with van der Waals surface area (Å²) in [6.45, 7) is 7.48. The van der Waals surface area contributed by atoms with Gasteiger partial charge in [0.15, 0.2) is 0 Å². The molecule has 1 aromatic rings. The number of hydrogen-bond donors (Lipinski definition) is 2. The fraction of sp³-hybridized carbons (Fsp3) is 0.652. The highest BCUT2D eigenvalue weighted by Gasteiger charge is 2.37. The Labute approximate surface area is 179 Å². The molecule has 7 heteroatoms. The molecule has 0 bridgehead atoms. The highest BCUT2D eigenvalue weighted by Crippen LogP contribution is 2.31. The third kappa shape index (κ3) is 5.94. The molecule has 1 heterocycles. The van der Waals surface area contributed by atoms with Crippen molar-refractivity contribution in [3.63, 3.8) is 0 Å². The standard InChI is InChI=1S/C23H35FN4O2/c1-3-17(2)16-25-22(29)21(18-7-4-5-8-18)27-11-13-28(14-12-27)23(30)26-20-10-6-9-19(24)15-20/h6,9-10,15,17-18,21H,3-5,7-8,11-14,16H2,1-2H3,(H,25,29)(H,26,30)/t17-,21-/m0/s1. The summed E-state index contributed by atoms with van der Waals surface area (Å²) in [6.07, 6.45) is 5.63. The highest BCUT2D eigenvalue weighted by atomic mass is 19.1. The lowest BCUT2D eigenvalue weighted by atomic mass is 9.94. The van der Waals surface area contributed by atoms with Gasteiger partial charge >= 0.3 is 6.03 Å². The second-order valence-corrected chi connectivity index (χ2v) is 8.71. The molecule has 1 aliphatic heterocycles. The van der Waals surface area contributed by atoms with Gasteiger partial charge in [0.1, 0.15) is 5.82 Å². The van der Waals surface area contributed by atoms with Crippen LogP contribution < -0.4 is 10.6 Å². The van der Waals surface area contributed by atoms with Crippen LogP contribution in [0.5, 0.6) is 0 Å². The summed E-state index contributed by atoms with van der Waals surface area (Å²) in [4.78, 5) is 29.6. The molecule has 1 saturated heterocycles. The Bertz CT molecular complexity index is 715. The summed E-state index contributed by atoms with van der Waals surface area (Å²) in [5.74, 6) is 0.636. The van der Waals surface area contributed by atoms with E-state index in [2.05, 4.69) is 29.4 Å². The van der Waals surface area contributed by atoms with Crippen LogP contribution in [0, 0.1) is 17.7 Å². The minimum absolute atomic E-state index is 0.106. The van der Waals surface area contributed by atoms with E-state index in [1.165, 1.54) is 25.0 Å². The number of nitrogens with zero attached hydrogens (tertiary/aromatic N) is 2. The predicted octanol–water partition coefficient (Wildman–Crippen LogP) is 3.70. The third-order valence-corrected chi connectivity index (χ3v) is 6.51. The maximum Gasteiger partial charge on any atom is 0.321 e. The first kappa shape index (κ1) is 22.5. The number of hydrogen-bond acceptors (Lipinski definition) is 3. The van der Waals surface area contributed by atoms with Crippen LogP contribution in [-0.2, 0) is 4.79 Å². The van der Waals surface area contributed by atoms with E-state index < -0.39 is 0 Å². The van der Waals surface area contributed by atoms with Crippen molar-refractivity contribution in [1.82, 2.24) is 15.1 Å². The molecule has 2 N–H and O–H groups in total. The zero-order valence-electron chi connectivity index (χ0n) is 18.2. The highest BCUT2D eigenvalue weighted by molar-refractivity contribution is 5.89. The summed E-state index contributed by atoms with van der Waals surface area (Å²) >= 11 is 0. The SMILES string of the molecule is CC[C@H](C)CNC(=O)[C@H](C1CCCC1)N1CCN(C(=O)Nc2cccc(F)c2)CC1. The number of piperazine rings is 1. The molecule has 30 heavy (non-hydrogen) atoms. The first-order valence-electron chi connectivity index (χ1n) is 11.3. The molecule has 2 atom stereocenters. The Morgan fingerprint density at radius 1 is 1.17 bits per heavy atom. The molecule has 0 unspecified atom stereocenters. The van der Waals surface area contributed by atoms with Crippen LogP contribution in [0.1, 0.15) is 46.0 Å². The number of urea groups is 1. The van der Waals surface area contributed by atoms with Gasteiger partial charge in [0.25, 0.3) is 0 Å². The Hall–Kier alpha value is -2.15. The second kappa shape index (κ2) is 10.8. The van der Waals surface area contributed by atoms with E-state index in [4.69, 9.17) is 0 Å². The maximum absolute atomic E-state index is 13.3. The van der Waals surface area contributed by atoms with Crippen molar-refractivity contribution in [2.24, 2.45) is 11.8 Å². The minimum Gasteiger partial charge on any atom is -0.354 e. The number of anilines is 1. The predicted molar refractivity (Wildman–Crippen MR) is 117 cm³/mol. The second-order valence-electron chi connectivity index (χ2n) is 8.71. The Morgan fingerprint density at radius 3 is 2.50 bits per heavy atom. The maximum atomic E-state index is 13.3. The summed E-state index contributed by atoms with van der Waals surface area (Å²) < 4.78 is 13.3. The molecule has 1 saturated carbocycles. The number of carbonyl (C=O) groups is 2. The summed E-state index contributed by atoms with van der Waals surface area (Å²) in [5, 5.41) is 5.93. The zero-order valence-corrected chi connectivity index (χ0v) is 18.2. The molecule has 0 aromatic heterocycles. The van der Waals surface area contributed by atoms with Crippen LogP contribution in [0.4, 0.5) is 14.9 Å². The average molecular weight is 419 g/mol. The Balaban J connectivity index is 1.56. The Morgan fingerprint density at radius 2 is 1.87 bits per heavy atom. The van der Waals surface area contributed by atoms with E-state index >= 15 is 0 Å². The molecule has 6 nitrogen and oxygen atoms in total. The number of carbonyl (C=O) groups excluding carboxylic acids is 2. The molecular formula is C23H35FN4O2. The number of nitrogens with one attached hydrogen (secondary N) is 2. The van der Waals surface area contributed by atoms with Gasteiger partial charge < -0.3 is 15.5 Å². The molecule has 2 fully saturated rings.